The summed E-state index contributed by atoms with van der Waals surface area (Å²) in [5.74, 6) is 0.0540. The normalized spacial score (nSPS) is 10.3. The topological polar surface area (TPSA) is 23.6 Å². The molecule has 0 bridgehead atoms. The van der Waals surface area contributed by atoms with Crippen molar-refractivity contribution < 1.29 is 4.79 Å². The highest BCUT2D eigenvalue weighted by Crippen LogP contribution is 2.17. The Morgan fingerprint density at radius 3 is 1.88 bits per heavy atom. The van der Waals surface area contributed by atoms with Gasteiger partial charge in [-0.1, -0.05) is 66.7 Å². The lowest BCUT2D eigenvalue weighted by molar-refractivity contribution is 0.0798. The van der Waals surface area contributed by atoms with Crippen LogP contribution in [0, 0.1) is 0 Å². The van der Waals surface area contributed by atoms with Gasteiger partial charge in [-0.3, -0.25) is 4.79 Å². The van der Waals surface area contributed by atoms with Crippen LogP contribution in [0.3, 0.4) is 0 Å². The first-order valence-electron chi connectivity index (χ1n) is 8.88. The molecule has 0 fully saturated rings. The minimum Gasteiger partial charge on any atom is -0.365 e. The molecule has 3 aromatic carbocycles. The van der Waals surface area contributed by atoms with Crippen molar-refractivity contribution in [3.05, 3.63) is 102 Å². The third-order valence-corrected chi connectivity index (χ3v) is 4.41. The largest absolute Gasteiger partial charge is 0.365 e. The Morgan fingerprint density at radius 1 is 0.731 bits per heavy atom. The van der Waals surface area contributed by atoms with Gasteiger partial charge in [0.05, 0.1) is 0 Å². The molecule has 3 heteroatoms. The van der Waals surface area contributed by atoms with E-state index in [4.69, 9.17) is 0 Å². The van der Waals surface area contributed by atoms with Gasteiger partial charge in [0.2, 0.25) is 0 Å². The molecule has 0 aliphatic heterocycles. The Kier molecular flexibility index (Phi) is 6.05. The maximum Gasteiger partial charge on any atom is 0.253 e. The van der Waals surface area contributed by atoms with Gasteiger partial charge in [0, 0.05) is 37.9 Å². The number of hydrogen-bond donors (Lipinski definition) is 0. The monoisotopic (exact) mass is 344 g/mol. The number of likely N-dealkylation sites (N-methyl/N-ethyl adjacent to an activating group) is 1. The molecule has 0 saturated heterocycles. The van der Waals surface area contributed by atoms with Crippen LogP contribution in [-0.2, 0) is 6.54 Å². The summed E-state index contributed by atoms with van der Waals surface area (Å²) in [4.78, 5) is 16.7. The van der Waals surface area contributed by atoms with Gasteiger partial charge in [-0.25, -0.2) is 0 Å². The lowest BCUT2D eigenvalue weighted by Gasteiger charge is -2.28. The van der Waals surface area contributed by atoms with Crippen molar-refractivity contribution >= 4 is 11.6 Å². The molecule has 0 spiro atoms. The van der Waals surface area contributed by atoms with Crippen molar-refractivity contribution in [1.82, 2.24) is 4.90 Å². The number of benzene rings is 3. The van der Waals surface area contributed by atoms with Gasteiger partial charge in [0.1, 0.15) is 0 Å². The van der Waals surface area contributed by atoms with Crippen LogP contribution >= 0.6 is 0 Å². The van der Waals surface area contributed by atoms with Gasteiger partial charge in [0.25, 0.3) is 5.91 Å². The Bertz CT molecular complexity index is 803. The molecule has 0 heterocycles. The molecule has 0 aromatic heterocycles. The van der Waals surface area contributed by atoms with Gasteiger partial charge in [-0.2, -0.15) is 0 Å². The number of hydrogen-bond acceptors (Lipinski definition) is 2. The van der Waals surface area contributed by atoms with Gasteiger partial charge in [0.15, 0.2) is 0 Å². The van der Waals surface area contributed by atoms with E-state index < -0.39 is 0 Å². The van der Waals surface area contributed by atoms with Gasteiger partial charge < -0.3 is 9.80 Å². The van der Waals surface area contributed by atoms with Crippen molar-refractivity contribution in [3.8, 4) is 0 Å². The van der Waals surface area contributed by atoms with Crippen LogP contribution in [0.15, 0.2) is 91.0 Å². The van der Waals surface area contributed by atoms with E-state index in [2.05, 4.69) is 41.3 Å². The van der Waals surface area contributed by atoms with E-state index in [0.29, 0.717) is 6.54 Å². The summed E-state index contributed by atoms with van der Waals surface area (Å²) in [5.41, 5.74) is 3.15. The maximum atomic E-state index is 12.6. The standard InChI is InChI=1S/C23H24N2O/c1-24(23(26)21-13-7-3-8-14-21)17-18-25(22-15-9-4-10-16-22)19-20-11-5-2-6-12-20/h2-16H,17-19H2,1H3. The summed E-state index contributed by atoms with van der Waals surface area (Å²) in [7, 11) is 1.86. The fourth-order valence-corrected chi connectivity index (χ4v) is 2.92. The van der Waals surface area contributed by atoms with E-state index in [1.165, 1.54) is 5.56 Å². The van der Waals surface area contributed by atoms with Crippen molar-refractivity contribution in [1.29, 1.82) is 0 Å². The molecule has 0 N–H and O–H groups in total. The van der Waals surface area contributed by atoms with Crippen LogP contribution < -0.4 is 4.90 Å². The molecule has 3 rings (SSSR count). The van der Waals surface area contributed by atoms with E-state index in [1.807, 2.05) is 61.6 Å². The first-order valence-corrected chi connectivity index (χ1v) is 8.88. The molecule has 1 amide bonds. The van der Waals surface area contributed by atoms with Crippen LogP contribution in [0.1, 0.15) is 15.9 Å². The van der Waals surface area contributed by atoms with Gasteiger partial charge in [-0.05, 0) is 29.8 Å². The van der Waals surface area contributed by atoms with E-state index in [-0.39, 0.29) is 5.91 Å². The third kappa shape index (κ3) is 4.73. The number of rotatable bonds is 7. The van der Waals surface area contributed by atoms with Crippen molar-refractivity contribution in [2.24, 2.45) is 0 Å². The van der Waals surface area contributed by atoms with Crippen molar-refractivity contribution in [2.75, 3.05) is 25.0 Å². The predicted molar refractivity (Wildman–Crippen MR) is 107 cm³/mol. The second kappa shape index (κ2) is 8.86. The second-order valence-corrected chi connectivity index (χ2v) is 6.34. The first-order chi connectivity index (χ1) is 12.7. The third-order valence-electron chi connectivity index (χ3n) is 4.41. The van der Waals surface area contributed by atoms with E-state index in [0.717, 1.165) is 24.3 Å². The highest BCUT2D eigenvalue weighted by molar-refractivity contribution is 5.94. The minimum absolute atomic E-state index is 0.0540. The maximum absolute atomic E-state index is 12.6. The lowest BCUT2D eigenvalue weighted by atomic mass is 10.2. The van der Waals surface area contributed by atoms with E-state index in [9.17, 15) is 4.79 Å². The van der Waals surface area contributed by atoms with E-state index >= 15 is 0 Å². The molecular weight excluding hydrogens is 320 g/mol. The summed E-state index contributed by atoms with van der Waals surface area (Å²) in [5, 5.41) is 0. The van der Waals surface area contributed by atoms with E-state index in [1.54, 1.807) is 4.90 Å². The number of amides is 1. The molecule has 3 aromatic rings. The summed E-state index contributed by atoms with van der Waals surface area (Å²) in [6.07, 6.45) is 0. The molecule has 0 aliphatic carbocycles. The number of carbonyl (C=O) groups is 1. The molecule has 3 nitrogen and oxygen atoms in total. The molecule has 0 atom stereocenters. The second-order valence-electron chi connectivity index (χ2n) is 6.34. The highest BCUT2D eigenvalue weighted by atomic mass is 16.2. The molecule has 0 saturated carbocycles. The predicted octanol–water partition coefficient (Wildman–Crippen LogP) is 4.47. The zero-order valence-electron chi connectivity index (χ0n) is 15.1. The molecule has 132 valence electrons. The zero-order valence-corrected chi connectivity index (χ0v) is 15.1. The summed E-state index contributed by atoms with van der Waals surface area (Å²) in [6, 6.07) is 30.2. The van der Waals surface area contributed by atoms with Crippen LogP contribution in [0.5, 0.6) is 0 Å². The average Bonchev–Trinajstić information content (AvgIpc) is 2.72. The number of para-hydroxylation sites is 1. The fourth-order valence-electron chi connectivity index (χ4n) is 2.92. The van der Waals surface area contributed by atoms with Crippen molar-refractivity contribution in [3.63, 3.8) is 0 Å². The Balaban J connectivity index is 1.68. The van der Waals surface area contributed by atoms with Crippen LogP contribution in [0.2, 0.25) is 0 Å². The summed E-state index contributed by atoms with van der Waals surface area (Å²) < 4.78 is 0. The van der Waals surface area contributed by atoms with Gasteiger partial charge >= 0.3 is 0 Å². The van der Waals surface area contributed by atoms with Gasteiger partial charge in [-0.15, -0.1) is 0 Å². The SMILES string of the molecule is CN(CCN(Cc1ccccc1)c1ccccc1)C(=O)c1ccccc1. The summed E-state index contributed by atoms with van der Waals surface area (Å²) in [6.45, 7) is 2.25. The Morgan fingerprint density at radius 2 is 1.27 bits per heavy atom. The molecule has 0 radical (unpaired) electrons. The van der Waals surface area contributed by atoms with Crippen LogP contribution in [0.4, 0.5) is 5.69 Å². The number of carbonyl (C=O) groups excluding carboxylic acids is 1. The molecular formula is C23H24N2O. The van der Waals surface area contributed by atoms with Crippen molar-refractivity contribution in [2.45, 2.75) is 6.54 Å². The highest BCUT2D eigenvalue weighted by Gasteiger charge is 2.13. The molecule has 0 aliphatic rings. The van der Waals surface area contributed by atoms with Crippen LogP contribution in [-0.4, -0.2) is 30.9 Å². The van der Waals surface area contributed by atoms with Crippen LogP contribution in [0.25, 0.3) is 0 Å². The first kappa shape index (κ1) is 17.7. The minimum atomic E-state index is 0.0540. The molecule has 26 heavy (non-hydrogen) atoms. The fraction of sp³-hybridized carbons (Fsp3) is 0.174. The quantitative estimate of drug-likeness (QED) is 0.631. The summed E-state index contributed by atoms with van der Waals surface area (Å²) >= 11 is 0. The molecule has 0 unspecified atom stereocenters. The number of nitrogens with zero attached hydrogens (tertiary/aromatic N) is 2. The average molecular weight is 344 g/mol. The Hall–Kier alpha value is -3.07. The lowest BCUT2D eigenvalue weighted by Crippen LogP contribution is -2.36. The zero-order chi connectivity index (χ0) is 18.2. The Labute approximate surface area is 155 Å². The smallest absolute Gasteiger partial charge is 0.253 e. The number of anilines is 1.